The quantitative estimate of drug-likeness (QED) is 0.405. The second-order valence-corrected chi connectivity index (χ2v) is 5.90. The van der Waals surface area contributed by atoms with E-state index < -0.39 is 4.92 Å². The molecule has 0 spiro atoms. The van der Waals surface area contributed by atoms with E-state index in [1.165, 1.54) is 12.3 Å². The number of nitrogens with one attached hydrogen (secondary N) is 1. The summed E-state index contributed by atoms with van der Waals surface area (Å²) in [6.07, 6.45) is 1.44. The molecular formula is C17H14ClN5O3. The lowest BCUT2D eigenvalue weighted by molar-refractivity contribution is -0.384. The number of halogens is 1. The first-order valence-electron chi connectivity index (χ1n) is 7.58. The molecule has 26 heavy (non-hydrogen) atoms. The molecule has 132 valence electrons. The minimum Gasteiger partial charge on any atom is -0.455 e. The Morgan fingerprint density at radius 3 is 2.62 bits per heavy atom. The van der Waals surface area contributed by atoms with Crippen LogP contribution in [0.25, 0.3) is 11.3 Å². The monoisotopic (exact) mass is 371 g/mol. The van der Waals surface area contributed by atoms with Gasteiger partial charge in [-0.1, -0.05) is 11.6 Å². The summed E-state index contributed by atoms with van der Waals surface area (Å²) in [7, 11) is 0. The van der Waals surface area contributed by atoms with Crippen molar-refractivity contribution < 1.29 is 9.34 Å². The SMILES string of the molecule is Cc1cc(C)nc(N/N=C\c2ccc(-c3ccc(Cl)cc3[N+](=O)[O-])o2)n1. The van der Waals surface area contributed by atoms with Crippen molar-refractivity contribution in [3.05, 3.63) is 68.7 Å². The van der Waals surface area contributed by atoms with Gasteiger partial charge in [-0.2, -0.15) is 5.10 Å². The fraction of sp³-hybridized carbons (Fsp3) is 0.118. The Hall–Kier alpha value is -3.26. The average molecular weight is 372 g/mol. The maximum Gasteiger partial charge on any atom is 0.281 e. The zero-order chi connectivity index (χ0) is 18.7. The summed E-state index contributed by atoms with van der Waals surface area (Å²) in [6, 6.07) is 9.53. The molecule has 9 heteroatoms. The topological polar surface area (TPSA) is 106 Å². The molecule has 0 unspecified atom stereocenters. The highest BCUT2D eigenvalue weighted by molar-refractivity contribution is 6.30. The second kappa shape index (κ2) is 7.32. The van der Waals surface area contributed by atoms with Crippen molar-refractivity contribution in [3.8, 4) is 11.3 Å². The fourth-order valence-corrected chi connectivity index (χ4v) is 2.53. The van der Waals surface area contributed by atoms with Gasteiger partial charge in [0.05, 0.1) is 16.7 Å². The molecule has 0 radical (unpaired) electrons. The molecule has 1 aromatic carbocycles. The smallest absolute Gasteiger partial charge is 0.281 e. The minimum absolute atomic E-state index is 0.128. The first-order chi connectivity index (χ1) is 12.4. The minimum atomic E-state index is -0.504. The number of nitrogens with zero attached hydrogens (tertiary/aromatic N) is 4. The highest BCUT2D eigenvalue weighted by atomic mass is 35.5. The summed E-state index contributed by atoms with van der Waals surface area (Å²) in [5.74, 6) is 1.14. The number of hydrogen-bond acceptors (Lipinski definition) is 7. The van der Waals surface area contributed by atoms with Gasteiger partial charge in [0, 0.05) is 22.5 Å². The maximum atomic E-state index is 11.2. The molecular weight excluding hydrogens is 358 g/mol. The third-order valence-corrected chi connectivity index (χ3v) is 3.62. The molecule has 0 aliphatic carbocycles. The van der Waals surface area contributed by atoms with Crippen molar-refractivity contribution in [1.82, 2.24) is 9.97 Å². The lowest BCUT2D eigenvalue weighted by Crippen LogP contribution is -1.99. The van der Waals surface area contributed by atoms with Crippen LogP contribution >= 0.6 is 11.6 Å². The number of aromatic nitrogens is 2. The molecule has 1 N–H and O–H groups in total. The Kier molecular flexibility index (Phi) is 4.94. The van der Waals surface area contributed by atoms with E-state index in [1.54, 1.807) is 24.3 Å². The average Bonchev–Trinajstić information content (AvgIpc) is 3.02. The molecule has 3 aromatic rings. The van der Waals surface area contributed by atoms with E-state index in [0.29, 0.717) is 23.0 Å². The van der Waals surface area contributed by atoms with E-state index in [2.05, 4.69) is 20.5 Å². The van der Waals surface area contributed by atoms with Crippen molar-refractivity contribution in [1.29, 1.82) is 0 Å². The van der Waals surface area contributed by atoms with Crippen molar-refractivity contribution >= 4 is 29.5 Å². The number of nitro benzene ring substituents is 1. The van der Waals surface area contributed by atoms with E-state index in [-0.39, 0.29) is 10.7 Å². The van der Waals surface area contributed by atoms with Crippen molar-refractivity contribution in [2.75, 3.05) is 5.43 Å². The molecule has 0 aliphatic heterocycles. The highest BCUT2D eigenvalue weighted by Crippen LogP contribution is 2.33. The number of anilines is 1. The van der Waals surface area contributed by atoms with E-state index in [0.717, 1.165) is 11.4 Å². The van der Waals surface area contributed by atoms with Gasteiger partial charge in [0.2, 0.25) is 5.95 Å². The van der Waals surface area contributed by atoms with Gasteiger partial charge in [-0.3, -0.25) is 10.1 Å². The molecule has 8 nitrogen and oxygen atoms in total. The van der Waals surface area contributed by atoms with Crippen LogP contribution in [0.2, 0.25) is 5.02 Å². The van der Waals surface area contributed by atoms with Crippen LogP contribution in [0.5, 0.6) is 0 Å². The standard InChI is InChI=1S/C17H14ClN5O3/c1-10-7-11(2)21-17(20-10)22-19-9-13-4-6-16(26-13)14-5-3-12(18)8-15(14)23(24)25/h3-9H,1-2H3,(H,20,21,22)/b19-9-. The van der Waals surface area contributed by atoms with Crippen LogP contribution in [-0.2, 0) is 0 Å². The number of rotatable bonds is 5. The number of benzene rings is 1. The van der Waals surface area contributed by atoms with Gasteiger partial charge in [0.25, 0.3) is 5.69 Å². The molecule has 3 rings (SSSR count). The lowest BCUT2D eigenvalue weighted by Gasteiger charge is -2.01. The molecule has 2 heterocycles. The van der Waals surface area contributed by atoms with Gasteiger partial charge in [-0.05, 0) is 44.2 Å². The van der Waals surface area contributed by atoms with Crippen LogP contribution in [0.4, 0.5) is 11.6 Å². The Labute approximate surface area is 153 Å². The van der Waals surface area contributed by atoms with E-state index in [9.17, 15) is 10.1 Å². The first kappa shape index (κ1) is 17.6. The second-order valence-electron chi connectivity index (χ2n) is 5.46. The highest BCUT2D eigenvalue weighted by Gasteiger charge is 2.18. The van der Waals surface area contributed by atoms with Crippen LogP contribution < -0.4 is 5.43 Å². The Bertz CT molecular complexity index is 980. The van der Waals surface area contributed by atoms with E-state index in [1.807, 2.05) is 19.9 Å². The van der Waals surface area contributed by atoms with Crippen LogP contribution in [0.15, 0.2) is 45.9 Å². The van der Waals surface area contributed by atoms with Gasteiger partial charge >= 0.3 is 0 Å². The van der Waals surface area contributed by atoms with Crippen molar-refractivity contribution in [2.45, 2.75) is 13.8 Å². The summed E-state index contributed by atoms with van der Waals surface area (Å²) in [5.41, 5.74) is 4.58. The Balaban J connectivity index is 1.79. The van der Waals surface area contributed by atoms with Crippen LogP contribution in [0.1, 0.15) is 17.1 Å². The van der Waals surface area contributed by atoms with Crippen LogP contribution in [0, 0.1) is 24.0 Å². The van der Waals surface area contributed by atoms with Gasteiger partial charge in [0.1, 0.15) is 11.5 Å². The van der Waals surface area contributed by atoms with Gasteiger partial charge in [0.15, 0.2) is 0 Å². The number of aryl methyl sites for hydroxylation is 2. The lowest BCUT2D eigenvalue weighted by atomic mass is 10.1. The molecule has 0 amide bonds. The largest absolute Gasteiger partial charge is 0.455 e. The maximum absolute atomic E-state index is 11.2. The molecule has 0 bridgehead atoms. The summed E-state index contributed by atoms with van der Waals surface area (Å²) >= 11 is 5.83. The molecule has 0 saturated carbocycles. The van der Waals surface area contributed by atoms with Crippen LogP contribution in [0.3, 0.4) is 0 Å². The van der Waals surface area contributed by atoms with E-state index in [4.69, 9.17) is 16.0 Å². The fourth-order valence-electron chi connectivity index (χ4n) is 2.36. The Morgan fingerprint density at radius 1 is 1.19 bits per heavy atom. The molecule has 2 aromatic heterocycles. The van der Waals surface area contributed by atoms with Crippen LogP contribution in [-0.4, -0.2) is 21.1 Å². The van der Waals surface area contributed by atoms with Crippen molar-refractivity contribution in [3.63, 3.8) is 0 Å². The van der Waals surface area contributed by atoms with Crippen molar-refractivity contribution in [2.24, 2.45) is 5.10 Å². The summed E-state index contributed by atoms with van der Waals surface area (Å²) in [5, 5.41) is 15.5. The molecule has 0 atom stereocenters. The van der Waals surface area contributed by atoms with Gasteiger partial charge in [-0.15, -0.1) is 0 Å². The zero-order valence-electron chi connectivity index (χ0n) is 13.9. The molecule has 0 fully saturated rings. The molecule has 0 saturated heterocycles. The summed E-state index contributed by atoms with van der Waals surface area (Å²) in [6.45, 7) is 3.73. The van der Waals surface area contributed by atoms with E-state index >= 15 is 0 Å². The number of hydrogen-bond donors (Lipinski definition) is 1. The summed E-state index contributed by atoms with van der Waals surface area (Å²) < 4.78 is 5.61. The third kappa shape index (κ3) is 4.04. The third-order valence-electron chi connectivity index (χ3n) is 3.39. The number of hydrazone groups is 1. The predicted octanol–water partition coefficient (Wildman–Crippen LogP) is 4.36. The van der Waals surface area contributed by atoms with Gasteiger partial charge < -0.3 is 4.42 Å². The number of furan rings is 1. The normalized spacial score (nSPS) is 11.0. The first-order valence-corrected chi connectivity index (χ1v) is 7.95. The molecule has 0 aliphatic rings. The summed E-state index contributed by atoms with van der Waals surface area (Å²) in [4.78, 5) is 19.1. The van der Waals surface area contributed by atoms with Gasteiger partial charge in [-0.25, -0.2) is 15.4 Å². The Morgan fingerprint density at radius 2 is 1.92 bits per heavy atom. The predicted molar refractivity (Wildman–Crippen MR) is 98.5 cm³/mol. The zero-order valence-corrected chi connectivity index (χ0v) is 14.7. The number of nitro groups is 1.